The van der Waals surface area contributed by atoms with Crippen LogP contribution in [0.1, 0.15) is 24.2 Å². The normalized spacial score (nSPS) is 17.9. The molecule has 1 atom stereocenters. The Morgan fingerprint density at radius 3 is 2.36 bits per heavy atom. The maximum Gasteiger partial charge on any atom is 0.317 e. The van der Waals surface area contributed by atoms with Crippen molar-refractivity contribution in [3.8, 4) is 17.5 Å². The van der Waals surface area contributed by atoms with Crippen molar-refractivity contribution in [2.24, 2.45) is 0 Å². The van der Waals surface area contributed by atoms with Gasteiger partial charge in [0.1, 0.15) is 6.10 Å². The molecule has 9 heteroatoms. The molecule has 8 nitrogen and oxygen atoms in total. The molecule has 1 aliphatic rings. The number of ether oxygens (including phenoxy) is 3. The fourth-order valence-electron chi connectivity index (χ4n) is 3.24. The van der Waals surface area contributed by atoms with Crippen LogP contribution in [0.25, 0.3) is 0 Å². The molecule has 2 aromatic rings. The van der Waals surface area contributed by atoms with E-state index in [4.69, 9.17) is 14.2 Å². The van der Waals surface area contributed by atoms with E-state index in [9.17, 15) is 8.42 Å². The summed E-state index contributed by atoms with van der Waals surface area (Å²) >= 11 is 0. The number of nitrogens with zero attached hydrogens (tertiary/aromatic N) is 3. The van der Waals surface area contributed by atoms with Crippen LogP contribution in [-0.2, 0) is 10.0 Å². The number of aryl methyl sites for hydroxylation is 2. The zero-order chi connectivity index (χ0) is 20.3. The van der Waals surface area contributed by atoms with Crippen molar-refractivity contribution in [2.75, 3.05) is 27.3 Å². The summed E-state index contributed by atoms with van der Waals surface area (Å²) in [7, 11) is -0.702. The SMILES string of the molecule is COc1ccc(S(=O)(=O)N2CCCC(Oc3nc(C)cc(C)n3)C2)cc1OC. The van der Waals surface area contributed by atoms with Gasteiger partial charge >= 0.3 is 6.01 Å². The van der Waals surface area contributed by atoms with Crippen LogP contribution >= 0.6 is 0 Å². The molecule has 0 aliphatic carbocycles. The van der Waals surface area contributed by atoms with Gasteiger partial charge in [0.25, 0.3) is 0 Å². The minimum absolute atomic E-state index is 0.161. The Labute approximate surface area is 165 Å². The maximum atomic E-state index is 13.1. The summed E-state index contributed by atoms with van der Waals surface area (Å²) < 4.78 is 43.9. The molecule has 0 amide bonds. The van der Waals surface area contributed by atoms with Gasteiger partial charge in [0.15, 0.2) is 11.5 Å². The average molecular weight is 407 g/mol. The van der Waals surface area contributed by atoms with Crippen LogP contribution in [0.5, 0.6) is 17.5 Å². The Kier molecular flexibility index (Phi) is 6.04. The first-order valence-electron chi connectivity index (χ1n) is 9.04. The van der Waals surface area contributed by atoms with E-state index in [1.807, 2.05) is 19.9 Å². The van der Waals surface area contributed by atoms with Gasteiger partial charge in [-0.05, 0) is 44.9 Å². The van der Waals surface area contributed by atoms with Crippen LogP contribution in [0, 0.1) is 13.8 Å². The molecule has 1 saturated heterocycles. The highest BCUT2D eigenvalue weighted by molar-refractivity contribution is 7.89. The van der Waals surface area contributed by atoms with Crippen molar-refractivity contribution in [2.45, 2.75) is 37.7 Å². The zero-order valence-corrected chi connectivity index (χ0v) is 17.3. The molecule has 1 aromatic carbocycles. The first-order valence-corrected chi connectivity index (χ1v) is 10.5. The van der Waals surface area contributed by atoms with E-state index in [1.54, 1.807) is 6.07 Å². The highest BCUT2D eigenvalue weighted by atomic mass is 32.2. The molecule has 0 saturated carbocycles. The lowest BCUT2D eigenvalue weighted by molar-refractivity contribution is 0.119. The lowest BCUT2D eigenvalue weighted by Gasteiger charge is -2.31. The minimum Gasteiger partial charge on any atom is -0.493 e. The maximum absolute atomic E-state index is 13.1. The van der Waals surface area contributed by atoms with Gasteiger partial charge in [-0.15, -0.1) is 0 Å². The van der Waals surface area contributed by atoms with Gasteiger partial charge in [-0.2, -0.15) is 4.31 Å². The predicted octanol–water partition coefficient (Wildman–Crippen LogP) is 2.34. The highest BCUT2D eigenvalue weighted by Gasteiger charge is 2.32. The number of sulfonamides is 1. The van der Waals surface area contributed by atoms with Crippen LogP contribution in [0.3, 0.4) is 0 Å². The van der Waals surface area contributed by atoms with Crippen LogP contribution in [0.15, 0.2) is 29.2 Å². The monoisotopic (exact) mass is 407 g/mol. The van der Waals surface area contributed by atoms with Crippen molar-refractivity contribution < 1.29 is 22.6 Å². The van der Waals surface area contributed by atoms with E-state index in [1.165, 1.54) is 30.7 Å². The second-order valence-corrected chi connectivity index (χ2v) is 8.63. The molecule has 0 radical (unpaired) electrons. The first-order chi connectivity index (χ1) is 13.3. The van der Waals surface area contributed by atoms with Crippen molar-refractivity contribution in [1.29, 1.82) is 0 Å². The summed E-state index contributed by atoms with van der Waals surface area (Å²) in [6.07, 6.45) is 1.14. The van der Waals surface area contributed by atoms with Gasteiger partial charge in [0, 0.05) is 24.0 Å². The summed E-state index contributed by atoms with van der Waals surface area (Å²) in [5.41, 5.74) is 1.63. The molecule has 152 valence electrons. The lowest BCUT2D eigenvalue weighted by Crippen LogP contribution is -2.44. The Balaban J connectivity index is 1.79. The molecule has 1 unspecified atom stereocenters. The summed E-state index contributed by atoms with van der Waals surface area (Å²) in [5, 5.41) is 0. The van der Waals surface area contributed by atoms with Gasteiger partial charge < -0.3 is 14.2 Å². The highest BCUT2D eigenvalue weighted by Crippen LogP contribution is 2.31. The fraction of sp³-hybridized carbons (Fsp3) is 0.474. The smallest absolute Gasteiger partial charge is 0.317 e. The minimum atomic E-state index is -3.68. The quantitative estimate of drug-likeness (QED) is 0.726. The van der Waals surface area contributed by atoms with Gasteiger partial charge in [-0.3, -0.25) is 0 Å². The van der Waals surface area contributed by atoms with Gasteiger partial charge in [-0.25, -0.2) is 18.4 Å². The summed E-state index contributed by atoms with van der Waals surface area (Å²) in [4.78, 5) is 8.73. The van der Waals surface area contributed by atoms with Crippen LogP contribution < -0.4 is 14.2 Å². The topological polar surface area (TPSA) is 90.9 Å². The largest absolute Gasteiger partial charge is 0.493 e. The molecular formula is C19H25N3O5S. The number of methoxy groups -OCH3 is 2. The molecule has 0 spiro atoms. The van der Waals surface area contributed by atoms with Crippen LogP contribution in [0.2, 0.25) is 0 Å². The van der Waals surface area contributed by atoms with Crippen molar-refractivity contribution in [1.82, 2.24) is 14.3 Å². The number of hydrogen-bond donors (Lipinski definition) is 0. The first kappa shape index (κ1) is 20.3. The van der Waals surface area contributed by atoms with E-state index in [-0.39, 0.29) is 23.6 Å². The summed E-state index contributed by atoms with van der Waals surface area (Å²) in [5.74, 6) is 0.852. The van der Waals surface area contributed by atoms with Crippen molar-refractivity contribution in [3.05, 3.63) is 35.7 Å². The Morgan fingerprint density at radius 2 is 1.71 bits per heavy atom. The molecule has 0 bridgehead atoms. The number of hydrogen-bond acceptors (Lipinski definition) is 7. The van der Waals surface area contributed by atoms with Gasteiger partial charge in [0.05, 0.1) is 25.7 Å². The molecule has 1 fully saturated rings. The fourth-order valence-corrected chi connectivity index (χ4v) is 4.77. The second kappa shape index (κ2) is 8.32. The van der Waals surface area contributed by atoms with E-state index in [0.29, 0.717) is 24.5 Å². The van der Waals surface area contributed by atoms with E-state index in [0.717, 1.165) is 17.8 Å². The van der Waals surface area contributed by atoms with Crippen molar-refractivity contribution >= 4 is 10.0 Å². The molecule has 2 heterocycles. The van der Waals surface area contributed by atoms with Crippen LogP contribution in [0.4, 0.5) is 0 Å². The molecule has 28 heavy (non-hydrogen) atoms. The number of piperidine rings is 1. The Morgan fingerprint density at radius 1 is 1.04 bits per heavy atom. The number of benzene rings is 1. The summed E-state index contributed by atoms with van der Waals surface area (Å²) in [6, 6.07) is 6.74. The van der Waals surface area contributed by atoms with E-state index in [2.05, 4.69) is 9.97 Å². The zero-order valence-electron chi connectivity index (χ0n) is 16.5. The van der Waals surface area contributed by atoms with E-state index >= 15 is 0 Å². The molecule has 1 aromatic heterocycles. The van der Waals surface area contributed by atoms with E-state index < -0.39 is 10.0 Å². The number of rotatable bonds is 6. The molecular weight excluding hydrogens is 382 g/mol. The second-order valence-electron chi connectivity index (χ2n) is 6.70. The van der Waals surface area contributed by atoms with Gasteiger partial charge in [-0.1, -0.05) is 0 Å². The predicted molar refractivity (Wildman–Crippen MR) is 103 cm³/mol. The Hall–Kier alpha value is -2.39. The molecule has 3 rings (SSSR count). The van der Waals surface area contributed by atoms with Crippen molar-refractivity contribution in [3.63, 3.8) is 0 Å². The third-order valence-electron chi connectivity index (χ3n) is 4.57. The average Bonchev–Trinajstić information content (AvgIpc) is 2.66. The summed E-state index contributed by atoms with van der Waals surface area (Å²) in [6.45, 7) is 4.42. The standard InChI is InChI=1S/C19H25N3O5S/c1-13-10-14(2)21-19(20-13)27-15-6-5-9-22(12-15)28(23,24)16-7-8-17(25-3)18(11-16)26-4/h7-8,10-11,15H,5-6,9,12H2,1-4H3. The third kappa shape index (κ3) is 4.36. The van der Waals surface area contributed by atoms with Gasteiger partial charge in [0.2, 0.25) is 10.0 Å². The Bertz CT molecular complexity index is 928. The third-order valence-corrected chi connectivity index (χ3v) is 6.43. The lowest BCUT2D eigenvalue weighted by atomic mass is 10.1. The number of aromatic nitrogens is 2. The molecule has 0 N–H and O–H groups in total. The van der Waals surface area contributed by atoms with Crippen LogP contribution in [-0.4, -0.2) is 56.1 Å². The molecule has 1 aliphatic heterocycles.